The van der Waals surface area contributed by atoms with E-state index in [0.717, 1.165) is 5.56 Å². The molecular weight excluding hydrogens is 416 g/mol. The van der Waals surface area contributed by atoms with Crippen molar-refractivity contribution in [1.82, 2.24) is 9.78 Å². The van der Waals surface area contributed by atoms with Crippen molar-refractivity contribution >= 4 is 34.9 Å². The van der Waals surface area contributed by atoms with Crippen molar-refractivity contribution in [2.75, 3.05) is 23.4 Å². The zero-order valence-corrected chi connectivity index (χ0v) is 17.9. The molecule has 0 bridgehead atoms. The fraction of sp³-hybridized carbons (Fsp3) is 0.261. The van der Waals surface area contributed by atoms with Crippen LogP contribution in [-0.4, -0.2) is 34.7 Å². The van der Waals surface area contributed by atoms with Gasteiger partial charge in [-0.2, -0.15) is 5.10 Å². The number of nitrogens with one attached hydrogen (secondary N) is 1. The van der Waals surface area contributed by atoms with Gasteiger partial charge in [-0.1, -0.05) is 41.9 Å². The second kappa shape index (κ2) is 9.22. The van der Waals surface area contributed by atoms with Gasteiger partial charge in [0, 0.05) is 24.1 Å². The molecule has 31 heavy (non-hydrogen) atoms. The molecule has 1 aliphatic heterocycles. The molecule has 7 nitrogen and oxygen atoms in total. The number of carbonyl (C=O) groups excluding carboxylic acids is 2. The summed E-state index contributed by atoms with van der Waals surface area (Å²) in [6, 6.07) is 16.6. The van der Waals surface area contributed by atoms with Crippen LogP contribution >= 0.6 is 11.6 Å². The minimum absolute atomic E-state index is 0.100. The fourth-order valence-corrected chi connectivity index (χ4v) is 3.85. The number of nitrogens with zero attached hydrogens (tertiary/aromatic N) is 3. The van der Waals surface area contributed by atoms with E-state index in [9.17, 15) is 9.59 Å². The lowest BCUT2D eigenvalue weighted by Crippen LogP contribution is -2.29. The van der Waals surface area contributed by atoms with Crippen molar-refractivity contribution in [1.29, 1.82) is 0 Å². The van der Waals surface area contributed by atoms with Gasteiger partial charge in [-0.25, -0.2) is 4.68 Å². The average Bonchev–Trinajstić information content (AvgIpc) is 3.37. The molecule has 2 heterocycles. The van der Waals surface area contributed by atoms with Crippen molar-refractivity contribution in [3.8, 4) is 5.75 Å². The summed E-state index contributed by atoms with van der Waals surface area (Å²) in [5, 5.41) is 7.84. The van der Waals surface area contributed by atoms with E-state index < -0.39 is 5.92 Å². The van der Waals surface area contributed by atoms with E-state index in [0.29, 0.717) is 42.0 Å². The molecule has 1 N–H and O–H groups in total. The normalized spacial score (nSPS) is 15.9. The molecule has 0 spiro atoms. The highest BCUT2D eigenvalue weighted by Crippen LogP contribution is 2.33. The van der Waals surface area contributed by atoms with Gasteiger partial charge in [0.15, 0.2) is 0 Å². The Morgan fingerprint density at radius 2 is 1.97 bits per heavy atom. The lowest BCUT2D eigenvalue weighted by molar-refractivity contribution is -0.122. The number of benzene rings is 2. The molecule has 2 amide bonds. The quantitative estimate of drug-likeness (QED) is 0.605. The Morgan fingerprint density at radius 3 is 2.77 bits per heavy atom. The zero-order valence-electron chi connectivity index (χ0n) is 17.1. The summed E-state index contributed by atoms with van der Waals surface area (Å²) < 4.78 is 7.32. The van der Waals surface area contributed by atoms with Crippen LogP contribution in [0.25, 0.3) is 0 Å². The Labute approximate surface area is 185 Å². The monoisotopic (exact) mass is 438 g/mol. The summed E-state index contributed by atoms with van der Waals surface area (Å²) in [5.74, 6) is 0.413. The van der Waals surface area contributed by atoms with Gasteiger partial charge < -0.3 is 15.0 Å². The number of rotatable bonds is 7. The summed E-state index contributed by atoms with van der Waals surface area (Å²) >= 11 is 6.25. The van der Waals surface area contributed by atoms with Gasteiger partial charge in [0.05, 0.1) is 31.0 Å². The highest BCUT2D eigenvalue weighted by molar-refractivity contribution is 6.31. The van der Waals surface area contributed by atoms with Gasteiger partial charge in [0.25, 0.3) is 0 Å². The van der Waals surface area contributed by atoms with Gasteiger partial charge >= 0.3 is 0 Å². The molecular formula is C23H23ClN4O3. The van der Waals surface area contributed by atoms with Crippen LogP contribution < -0.4 is 15.0 Å². The van der Waals surface area contributed by atoms with E-state index in [-0.39, 0.29) is 18.2 Å². The molecule has 2 aromatic carbocycles. The maximum absolute atomic E-state index is 12.9. The minimum Gasteiger partial charge on any atom is -0.492 e. The van der Waals surface area contributed by atoms with Crippen LogP contribution in [0.1, 0.15) is 18.9 Å². The summed E-state index contributed by atoms with van der Waals surface area (Å²) in [4.78, 5) is 27.2. The average molecular weight is 439 g/mol. The van der Waals surface area contributed by atoms with E-state index in [1.54, 1.807) is 21.8 Å². The predicted molar refractivity (Wildman–Crippen MR) is 119 cm³/mol. The molecule has 160 valence electrons. The van der Waals surface area contributed by atoms with E-state index in [1.807, 2.05) is 55.5 Å². The molecule has 1 aliphatic rings. The van der Waals surface area contributed by atoms with E-state index >= 15 is 0 Å². The van der Waals surface area contributed by atoms with Crippen LogP contribution in [-0.2, 0) is 16.1 Å². The molecule has 0 unspecified atom stereocenters. The molecule has 0 radical (unpaired) electrons. The molecule has 3 aromatic rings. The first-order chi connectivity index (χ1) is 15.1. The standard InChI is InChI=1S/C23H23ClN4O3/c1-2-31-20-10-6-5-9-19(20)27-14-17(13-22(27)29)23(30)26-21-11-12-25-28(21)15-16-7-3-4-8-18(16)24/h3-12,17H,2,13-15H2,1H3,(H,26,30)/t17-/m0/s1. The lowest BCUT2D eigenvalue weighted by atomic mass is 10.1. The van der Waals surface area contributed by atoms with Crippen LogP contribution in [0.5, 0.6) is 5.75 Å². The number of hydrogen-bond acceptors (Lipinski definition) is 4. The topological polar surface area (TPSA) is 76.5 Å². The molecule has 4 rings (SSSR count). The summed E-state index contributed by atoms with van der Waals surface area (Å²) in [5.41, 5.74) is 1.59. The fourth-order valence-electron chi connectivity index (χ4n) is 3.65. The van der Waals surface area contributed by atoms with Gasteiger partial charge in [-0.05, 0) is 30.7 Å². The number of hydrogen-bond donors (Lipinski definition) is 1. The maximum atomic E-state index is 12.9. The van der Waals surface area contributed by atoms with Crippen molar-refractivity contribution in [3.63, 3.8) is 0 Å². The van der Waals surface area contributed by atoms with Crippen LogP contribution in [0.15, 0.2) is 60.8 Å². The number of ether oxygens (including phenoxy) is 1. The molecule has 8 heteroatoms. The number of carbonyl (C=O) groups is 2. The van der Waals surface area contributed by atoms with Crippen LogP contribution in [0.3, 0.4) is 0 Å². The highest BCUT2D eigenvalue weighted by atomic mass is 35.5. The van der Waals surface area contributed by atoms with Crippen molar-refractivity contribution in [2.24, 2.45) is 5.92 Å². The summed E-state index contributed by atoms with van der Waals surface area (Å²) in [6.45, 7) is 3.12. The molecule has 1 atom stereocenters. The van der Waals surface area contributed by atoms with Crippen molar-refractivity contribution in [3.05, 3.63) is 71.4 Å². The summed E-state index contributed by atoms with van der Waals surface area (Å²) in [6.07, 6.45) is 1.77. The Balaban J connectivity index is 1.46. The summed E-state index contributed by atoms with van der Waals surface area (Å²) in [7, 11) is 0. The molecule has 1 fully saturated rings. The van der Waals surface area contributed by atoms with Gasteiger partial charge in [0.2, 0.25) is 11.8 Å². The number of anilines is 2. The smallest absolute Gasteiger partial charge is 0.230 e. The zero-order chi connectivity index (χ0) is 21.8. The molecule has 1 aromatic heterocycles. The first-order valence-electron chi connectivity index (χ1n) is 10.1. The number of amides is 2. The third kappa shape index (κ3) is 4.56. The third-order valence-electron chi connectivity index (χ3n) is 5.20. The minimum atomic E-state index is -0.467. The van der Waals surface area contributed by atoms with E-state index in [2.05, 4.69) is 10.4 Å². The molecule has 0 aliphatic carbocycles. The lowest BCUT2D eigenvalue weighted by Gasteiger charge is -2.20. The van der Waals surface area contributed by atoms with Crippen LogP contribution in [0.2, 0.25) is 5.02 Å². The number of para-hydroxylation sites is 2. The Morgan fingerprint density at radius 1 is 1.19 bits per heavy atom. The van der Waals surface area contributed by atoms with Crippen LogP contribution in [0.4, 0.5) is 11.5 Å². The predicted octanol–water partition coefficient (Wildman–Crippen LogP) is 3.98. The van der Waals surface area contributed by atoms with Gasteiger partial charge in [-0.15, -0.1) is 0 Å². The number of halogens is 1. The largest absolute Gasteiger partial charge is 0.492 e. The first-order valence-corrected chi connectivity index (χ1v) is 10.5. The second-order valence-electron chi connectivity index (χ2n) is 7.26. The Bertz CT molecular complexity index is 1100. The molecule has 0 saturated carbocycles. The Hall–Kier alpha value is -3.32. The Kier molecular flexibility index (Phi) is 6.23. The number of aromatic nitrogens is 2. The van der Waals surface area contributed by atoms with Gasteiger partial charge in [0.1, 0.15) is 11.6 Å². The van der Waals surface area contributed by atoms with E-state index in [4.69, 9.17) is 16.3 Å². The van der Waals surface area contributed by atoms with E-state index in [1.165, 1.54) is 0 Å². The van der Waals surface area contributed by atoms with Crippen molar-refractivity contribution in [2.45, 2.75) is 19.9 Å². The van der Waals surface area contributed by atoms with Gasteiger partial charge in [-0.3, -0.25) is 9.59 Å². The molecule has 1 saturated heterocycles. The van der Waals surface area contributed by atoms with Crippen molar-refractivity contribution < 1.29 is 14.3 Å². The third-order valence-corrected chi connectivity index (χ3v) is 5.57. The highest BCUT2D eigenvalue weighted by Gasteiger charge is 2.36. The maximum Gasteiger partial charge on any atom is 0.230 e. The van der Waals surface area contributed by atoms with Crippen LogP contribution in [0, 0.1) is 5.92 Å². The first kappa shape index (κ1) is 20.9. The second-order valence-corrected chi connectivity index (χ2v) is 7.67. The SMILES string of the molecule is CCOc1ccccc1N1C[C@@H](C(=O)Nc2ccnn2Cc2ccccc2Cl)CC1=O.